The first-order valence-corrected chi connectivity index (χ1v) is 9.66. The van der Waals surface area contributed by atoms with Gasteiger partial charge in [0, 0.05) is 12.1 Å². The monoisotopic (exact) mass is 375 g/mol. The number of benzene rings is 1. The predicted molar refractivity (Wildman–Crippen MR) is 87.1 cm³/mol. The molecule has 2 rings (SSSR count). The zero-order valence-corrected chi connectivity index (χ0v) is 14.8. The lowest BCUT2D eigenvalue weighted by atomic mass is 9.87. The molecule has 1 fully saturated rings. The van der Waals surface area contributed by atoms with Gasteiger partial charge >= 0.3 is 0 Å². The van der Waals surface area contributed by atoms with Crippen molar-refractivity contribution in [2.45, 2.75) is 50.5 Å². The number of sulfonamides is 1. The molecule has 118 valence electrons. The summed E-state index contributed by atoms with van der Waals surface area (Å²) >= 11 is 3.37. The van der Waals surface area contributed by atoms with Gasteiger partial charge in [0.25, 0.3) is 0 Å². The lowest BCUT2D eigenvalue weighted by Gasteiger charge is -2.29. The van der Waals surface area contributed by atoms with Gasteiger partial charge in [-0.2, -0.15) is 0 Å². The normalized spacial score (nSPS) is 23.0. The SMILES string of the molecule is CCOc1cc(S(=O)(=O)N[C@H]2CCCC[C@@H]2C)ccc1Br. The molecule has 0 radical (unpaired) electrons. The first-order valence-electron chi connectivity index (χ1n) is 7.38. The summed E-state index contributed by atoms with van der Waals surface area (Å²) in [5.74, 6) is 0.937. The smallest absolute Gasteiger partial charge is 0.240 e. The van der Waals surface area contributed by atoms with Gasteiger partial charge in [0.2, 0.25) is 10.0 Å². The van der Waals surface area contributed by atoms with Crippen molar-refractivity contribution in [3.8, 4) is 5.75 Å². The fraction of sp³-hybridized carbons (Fsp3) is 0.600. The van der Waals surface area contributed by atoms with Crippen LogP contribution in [-0.2, 0) is 10.0 Å². The maximum Gasteiger partial charge on any atom is 0.240 e. The van der Waals surface area contributed by atoms with E-state index in [4.69, 9.17) is 4.74 Å². The van der Waals surface area contributed by atoms with Gasteiger partial charge in [0.05, 0.1) is 16.0 Å². The van der Waals surface area contributed by atoms with E-state index < -0.39 is 10.0 Å². The Morgan fingerprint density at radius 3 is 2.71 bits per heavy atom. The van der Waals surface area contributed by atoms with Crippen LogP contribution in [0.1, 0.15) is 39.5 Å². The number of nitrogens with one attached hydrogen (secondary N) is 1. The standard InChI is InChI=1S/C15H22BrNO3S/c1-3-20-15-10-12(8-9-13(15)16)21(18,19)17-14-7-5-4-6-11(14)2/h8-11,14,17H,3-7H2,1-2H3/t11-,14-/m0/s1. The van der Waals surface area contributed by atoms with Crippen molar-refractivity contribution in [3.63, 3.8) is 0 Å². The summed E-state index contributed by atoms with van der Waals surface area (Å²) in [5, 5.41) is 0. The van der Waals surface area contributed by atoms with Crippen molar-refractivity contribution in [1.82, 2.24) is 4.72 Å². The molecule has 0 unspecified atom stereocenters. The highest BCUT2D eigenvalue weighted by atomic mass is 79.9. The van der Waals surface area contributed by atoms with E-state index >= 15 is 0 Å². The van der Waals surface area contributed by atoms with E-state index in [1.807, 2.05) is 6.92 Å². The number of hydrogen-bond acceptors (Lipinski definition) is 3. The number of rotatable bonds is 5. The van der Waals surface area contributed by atoms with Crippen LogP contribution < -0.4 is 9.46 Å². The van der Waals surface area contributed by atoms with Crippen molar-refractivity contribution >= 4 is 26.0 Å². The summed E-state index contributed by atoms with van der Waals surface area (Å²) in [4.78, 5) is 0.256. The van der Waals surface area contributed by atoms with Gasteiger partial charge in [-0.25, -0.2) is 13.1 Å². The molecule has 4 nitrogen and oxygen atoms in total. The molecule has 0 saturated heterocycles. The third-order valence-electron chi connectivity index (χ3n) is 3.93. The van der Waals surface area contributed by atoms with Gasteiger partial charge in [0.15, 0.2) is 0 Å². The molecule has 1 N–H and O–H groups in total. The Hall–Kier alpha value is -0.590. The Balaban J connectivity index is 2.20. The Morgan fingerprint density at radius 2 is 2.05 bits per heavy atom. The molecule has 1 aliphatic rings. The molecule has 0 bridgehead atoms. The molecule has 6 heteroatoms. The molecule has 1 saturated carbocycles. The molecule has 1 aromatic rings. The van der Waals surface area contributed by atoms with E-state index in [0.717, 1.165) is 23.7 Å². The van der Waals surface area contributed by atoms with Crippen LogP contribution in [0.4, 0.5) is 0 Å². The molecule has 2 atom stereocenters. The summed E-state index contributed by atoms with van der Waals surface area (Å²) in [6.07, 6.45) is 4.27. The van der Waals surface area contributed by atoms with Gasteiger partial charge in [-0.1, -0.05) is 19.8 Å². The highest BCUT2D eigenvalue weighted by Crippen LogP contribution is 2.29. The molecule has 1 aliphatic carbocycles. The fourth-order valence-corrected chi connectivity index (χ4v) is 4.43. The third-order valence-corrected chi connectivity index (χ3v) is 6.07. The minimum Gasteiger partial charge on any atom is -0.493 e. The average molecular weight is 376 g/mol. The van der Waals surface area contributed by atoms with Crippen LogP contribution in [0.2, 0.25) is 0 Å². The van der Waals surface area contributed by atoms with E-state index in [9.17, 15) is 8.42 Å². The second kappa shape index (κ2) is 7.11. The molecule has 21 heavy (non-hydrogen) atoms. The van der Waals surface area contributed by atoms with Crippen molar-refractivity contribution in [2.75, 3.05) is 6.61 Å². The van der Waals surface area contributed by atoms with Gasteiger partial charge in [-0.05, 0) is 53.7 Å². The number of hydrogen-bond donors (Lipinski definition) is 1. The third kappa shape index (κ3) is 4.20. The topological polar surface area (TPSA) is 55.4 Å². The van der Waals surface area contributed by atoms with Gasteiger partial charge in [0.1, 0.15) is 5.75 Å². The molecule has 0 heterocycles. The van der Waals surface area contributed by atoms with Gasteiger partial charge in [-0.3, -0.25) is 0 Å². The second-order valence-corrected chi connectivity index (χ2v) is 8.08. The first-order chi connectivity index (χ1) is 9.94. The first kappa shape index (κ1) is 16.8. The molecular formula is C15H22BrNO3S. The molecular weight excluding hydrogens is 354 g/mol. The number of halogens is 1. The highest BCUT2D eigenvalue weighted by molar-refractivity contribution is 9.10. The second-order valence-electron chi connectivity index (χ2n) is 5.51. The lowest BCUT2D eigenvalue weighted by molar-refractivity contribution is 0.310. The lowest BCUT2D eigenvalue weighted by Crippen LogP contribution is -2.40. The van der Waals surface area contributed by atoms with Crippen LogP contribution in [-0.4, -0.2) is 21.1 Å². The van der Waals surface area contributed by atoms with E-state index in [-0.39, 0.29) is 10.9 Å². The van der Waals surface area contributed by atoms with Crippen molar-refractivity contribution in [1.29, 1.82) is 0 Å². The highest BCUT2D eigenvalue weighted by Gasteiger charge is 2.27. The van der Waals surface area contributed by atoms with Crippen LogP contribution in [0, 0.1) is 5.92 Å². The Morgan fingerprint density at radius 1 is 1.33 bits per heavy atom. The summed E-state index contributed by atoms with van der Waals surface area (Å²) < 4.78 is 34.1. The zero-order valence-electron chi connectivity index (χ0n) is 12.4. The van der Waals surface area contributed by atoms with Crippen molar-refractivity contribution in [2.24, 2.45) is 5.92 Å². The Labute approximate surface area is 135 Å². The van der Waals surface area contributed by atoms with Crippen molar-refractivity contribution in [3.05, 3.63) is 22.7 Å². The number of ether oxygens (including phenoxy) is 1. The predicted octanol–water partition coefficient (Wildman–Crippen LogP) is 3.70. The Kier molecular flexibility index (Phi) is 5.68. The van der Waals surface area contributed by atoms with Crippen LogP contribution in [0.15, 0.2) is 27.6 Å². The maximum atomic E-state index is 12.5. The van der Waals surface area contributed by atoms with E-state index in [1.165, 1.54) is 6.42 Å². The minimum absolute atomic E-state index is 0.0305. The van der Waals surface area contributed by atoms with Gasteiger partial charge in [-0.15, -0.1) is 0 Å². The van der Waals surface area contributed by atoms with E-state index in [2.05, 4.69) is 27.6 Å². The summed E-state index contributed by atoms with van der Waals surface area (Å²) in [5.41, 5.74) is 0. The molecule has 0 spiro atoms. The summed E-state index contributed by atoms with van der Waals surface area (Å²) in [6, 6.07) is 4.92. The molecule has 1 aromatic carbocycles. The summed E-state index contributed by atoms with van der Waals surface area (Å²) in [7, 11) is -3.50. The minimum atomic E-state index is -3.50. The largest absolute Gasteiger partial charge is 0.493 e. The summed E-state index contributed by atoms with van der Waals surface area (Å²) in [6.45, 7) is 4.48. The quantitative estimate of drug-likeness (QED) is 0.853. The molecule has 0 aromatic heterocycles. The van der Waals surface area contributed by atoms with Crippen LogP contribution in [0.3, 0.4) is 0 Å². The molecule has 0 amide bonds. The van der Waals surface area contributed by atoms with E-state index in [0.29, 0.717) is 18.3 Å². The van der Waals surface area contributed by atoms with E-state index in [1.54, 1.807) is 18.2 Å². The van der Waals surface area contributed by atoms with Crippen LogP contribution in [0.5, 0.6) is 5.75 Å². The average Bonchev–Trinajstić information content (AvgIpc) is 2.44. The zero-order chi connectivity index (χ0) is 15.5. The van der Waals surface area contributed by atoms with Crippen molar-refractivity contribution < 1.29 is 13.2 Å². The molecule has 0 aliphatic heterocycles. The van der Waals surface area contributed by atoms with Crippen LogP contribution >= 0.6 is 15.9 Å². The van der Waals surface area contributed by atoms with Crippen LogP contribution in [0.25, 0.3) is 0 Å². The van der Waals surface area contributed by atoms with Gasteiger partial charge < -0.3 is 4.74 Å². The Bertz CT molecular complexity index is 589. The maximum absolute atomic E-state index is 12.5. The fourth-order valence-electron chi connectivity index (χ4n) is 2.68.